The molecule has 1 atom stereocenters. The number of hydrogen-bond donors (Lipinski definition) is 2. The van der Waals surface area contributed by atoms with Gasteiger partial charge in [0.15, 0.2) is 5.41 Å². The van der Waals surface area contributed by atoms with E-state index in [2.05, 4.69) is 6.92 Å². The monoisotopic (exact) mass is 258 g/mol. The van der Waals surface area contributed by atoms with E-state index < -0.39 is 17.4 Å². The number of unbranched alkanes of at least 4 members (excludes halogenated alkanes) is 2. The molecule has 92 valence electrons. The van der Waals surface area contributed by atoms with Gasteiger partial charge in [0.05, 0.1) is 0 Å². The quantitative estimate of drug-likeness (QED) is 0.412. The van der Waals surface area contributed by atoms with Crippen molar-refractivity contribution in [3.05, 3.63) is 0 Å². The van der Waals surface area contributed by atoms with E-state index in [-0.39, 0.29) is 43.7 Å². The molecule has 0 aromatic rings. The van der Waals surface area contributed by atoms with E-state index in [9.17, 15) is 9.59 Å². The first-order valence-corrected chi connectivity index (χ1v) is 5.34. The molecule has 4 nitrogen and oxygen atoms in total. The van der Waals surface area contributed by atoms with Gasteiger partial charge in [-0.2, -0.15) is 0 Å². The van der Waals surface area contributed by atoms with E-state index in [1.54, 1.807) is 6.92 Å². The summed E-state index contributed by atoms with van der Waals surface area (Å²) in [5.74, 6) is -2.85. The van der Waals surface area contributed by atoms with Gasteiger partial charge in [0.25, 0.3) is 0 Å². The van der Waals surface area contributed by atoms with Gasteiger partial charge in [-0.1, -0.05) is 33.1 Å². The van der Waals surface area contributed by atoms with Crippen LogP contribution >= 0.6 is 0 Å². The molecule has 5 heteroatoms. The Hall–Kier alpha value is 0.200. The molecule has 0 saturated carbocycles. The molecule has 0 aliphatic rings. The molecule has 0 aliphatic heterocycles. The number of carboxylic acids is 2. The molecule has 0 fully saturated rings. The van der Waals surface area contributed by atoms with Gasteiger partial charge in [0, 0.05) is 0 Å². The number of aliphatic carboxylic acids is 2. The number of carbonyl (C=O) groups is 2. The van der Waals surface area contributed by atoms with Crippen LogP contribution in [0.3, 0.4) is 0 Å². The fraction of sp³-hybridized carbons (Fsp3) is 0.818. The fourth-order valence-corrected chi connectivity index (χ4v) is 1.50. The zero-order valence-corrected chi connectivity index (χ0v) is 9.62. The summed E-state index contributed by atoms with van der Waals surface area (Å²) in [6.07, 6.45) is 3.58. The van der Waals surface area contributed by atoms with Crippen LogP contribution in [0.5, 0.6) is 0 Å². The van der Waals surface area contributed by atoms with Crippen molar-refractivity contribution in [3.8, 4) is 0 Å². The molecule has 1 unspecified atom stereocenters. The van der Waals surface area contributed by atoms with Crippen LogP contribution in [-0.2, 0) is 9.59 Å². The molecule has 0 aliphatic carbocycles. The topological polar surface area (TPSA) is 74.6 Å². The predicted molar refractivity (Wildman–Crippen MR) is 65.2 cm³/mol. The van der Waals surface area contributed by atoms with Crippen LogP contribution in [0.2, 0.25) is 0 Å². The van der Waals surface area contributed by atoms with Crippen molar-refractivity contribution in [1.82, 2.24) is 0 Å². The predicted octanol–water partition coefficient (Wildman–Crippen LogP) is 1.46. The van der Waals surface area contributed by atoms with Gasteiger partial charge in [0.2, 0.25) is 0 Å². The molecule has 0 rings (SSSR count). The molecule has 0 spiro atoms. The number of rotatable bonds is 7. The normalized spacial score (nSPS) is 12.7. The van der Waals surface area contributed by atoms with Crippen molar-refractivity contribution >= 4 is 49.7 Å². The molecule has 0 heterocycles. The third kappa shape index (κ3) is 4.60. The van der Waals surface area contributed by atoms with Crippen LogP contribution in [0.15, 0.2) is 0 Å². The zero-order chi connectivity index (χ0) is 12.1. The van der Waals surface area contributed by atoms with Crippen LogP contribution in [0, 0.1) is 11.3 Å². The van der Waals surface area contributed by atoms with E-state index in [1.807, 2.05) is 0 Å². The minimum absolute atomic E-state index is 0. The van der Waals surface area contributed by atoms with Gasteiger partial charge in [-0.15, -0.1) is 0 Å². The summed E-state index contributed by atoms with van der Waals surface area (Å²) in [5.41, 5.74) is -1.66. The zero-order valence-electron chi connectivity index (χ0n) is 9.62. The van der Waals surface area contributed by atoms with E-state index >= 15 is 0 Å². The molecule has 0 bridgehead atoms. The van der Waals surface area contributed by atoms with Crippen LogP contribution in [0.1, 0.15) is 46.5 Å². The molecule has 0 aromatic heterocycles. The third-order valence-electron chi connectivity index (χ3n) is 3.11. The maximum absolute atomic E-state index is 11.0. The number of hydrogen-bond acceptors (Lipinski definition) is 2. The van der Waals surface area contributed by atoms with Crippen LogP contribution in [0.25, 0.3) is 0 Å². The molecule has 2 N–H and O–H groups in total. The van der Waals surface area contributed by atoms with E-state index in [1.165, 1.54) is 6.92 Å². The Kier molecular flexibility index (Phi) is 9.65. The molecule has 0 saturated heterocycles. The first-order chi connectivity index (χ1) is 6.87. The van der Waals surface area contributed by atoms with Crippen molar-refractivity contribution < 1.29 is 19.8 Å². The summed E-state index contributed by atoms with van der Waals surface area (Å²) in [7, 11) is 0. The summed E-state index contributed by atoms with van der Waals surface area (Å²) >= 11 is 0. The van der Waals surface area contributed by atoms with Crippen molar-refractivity contribution in [2.24, 2.45) is 11.3 Å². The standard InChI is InChI=1S/C11H20O4.Ca.2H/c1-4-5-6-7-8(2)11(3,9(12)13)10(14)15;;;/h8H,4-7H2,1-3H3,(H,12,13)(H,14,15);;;. The summed E-state index contributed by atoms with van der Waals surface area (Å²) in [5, 5.41) is 17.9. The fourth-order valence-electron chi connectivity index (χ4n) is 1.50. The maximum atomic E-state index is 11.0. The third-order valence-corrected chi connectivity index (χ3v) is 3.11. The van der Waals surface area contributed by atoms with E-state index in [4.69, 9.17) is 10.2 Å². The van der Waals surface area contributed by atoms with Crippen molar-refractivity contribution in [3.63, 3.8) is 0 Å². The van der Waals surface area contributed by atoms with Crippen LogP contribution in [0.4, 0.5) is 0 Å². The average molecular weight is 258 g/mol. The van der Waals surface area contributed by atoms with E-state index in [0.29, 0.717) is 6.42 Å². The van der Waals surface area contributed by atoms with Gasteiger partial charge in [-0.05, 0) is 19.3 Å². The second-order valence-corrected chi connectivity index (χ2v) is 4.21. The molecular weight excluding hydrogens is 236 g/mol. The Morgan fingerprint density at radius 2 is 1.62 bits per heavy atom. The van der Waals surface area contributed by atoms with Crippen LogP contribution in [-0.4, -0.2) is 59.9 Å². The first kappa shape index (κ1) is 18.6. The summed E-state index contributed by atoms with van der Waals surface area (Å²) in [6, 6.07) is 0. The summed E-state index contributed by atoms with van der Waals surface area (Å²) in [6.45, 7) is 5.03. The Morgan fingerprint density at radius 3 is 1.94 bits per heavy atom. The van der Waals surface area contributed by atoms with Gasteiger partial charge >= 0.3 is 49.7 Å². The van der Waals surface area contributed by atoms with Gasteiger partial charge < -0.3 is 10.2 Å². The van der Waals surface area contributed by atoms with Gasteiger partial charge in [-0.3, -0.25) is 9.59 Å². The molecule has 16 heavy (non-hydrogen) atoms. The average Bonchev–Trinajstić information content (AvgIpc) is 2.15. The summed E-state index contributed by atoms with van der Waals surface area (Å²) in [4.78, 5) is 21.9. The Balaban J connectivity index is 0. The van der Waals surface area contributed by atoms with E-state index in [0.717, 1.165) is 19.3 Å². The van der Waals surface area contributed by atoms with Gasteiger partial charge in [0.1, 0.15) is 0 Å². The second-order valence-electron chi connectivity index (χ2n) is 4.21. The summed E-state index contributed by atoms with van der Waals surface area (Å²) < 4.78 is 0. The van der Waals surface area contributed by atoms with Crippen LogP contribution < -0.4 is 0 Å². The Labute approximate surface area is 126 Å². The number of carboxylic acid groups (broad SMARTS) is 2. The van der Waals surface area contributed by atoms with Crippen molar-refractivity contribution in [2.75, 3.05) is 0 Å². The van der Waals surface area contributed by atoms with Crippen molar-refractivity contribution in [1.29, 1.82) is 0 Å². The van der Waals surface area contributed by atoms with Gasteiger partial charge in [-0.25, -0.2) is 0 Å². The molecule has 0 amide bonds. The molecule has 0 radical (unpaired) electrons. The first-order valence-electron chi connectivity index (χ1n) is 5.34. The second kappa shape index (κ2) is 8.31. The Bertz CT molecular complexity index is 226. The Morgan fingerprint density at radius 1 is 1.19 bits per heavy atom. The molecule has 0 aromatic carbocycles. The van der Waals surface area contributed by atoms with Crippen molar-refractivity contribution in [2.45, 2.75) is 46.5 Å². The SMILES string of the molecule is CCCCCC(C)C(C)(C(=O)O)C(=O)O.[CaH2]. The minimum atomic E-state index is -1.66. The molecular formula is C11H22CaO4.